The van der Waals surface area contributed by atoms with Crippen LogP contribution < -0.4 is 21.3 Å². The maximum atomic E-state index is 12.8. The van der Waals surface area contributed by atoms with Crippen LogP contribution in [-0.2, 0) is 25.4 Å². The van der Waals surface area contributed by atoms with E-state index in [1.54, 1.807) is 43.5 Å². The Hall–Kier alpha value is -3.79. The van der Waals surface area contributed by atoms with Crippen LogP contribution in [0, 0.1) is 0 Å². The third-order valence-corrected chi connectivity index (χ3v) is 5.80. The number of hydrogen-bond acceptors (Lipinski definition) is 7. The lowest BCUT2D eigenvalue weighted by Crippen LogP contribution is -2.39. The Morgan fingerprint density at radius 1 is 1.06 bits per heavy atom. The van der Waals surface area contributed by atoms with Crippen LogP contribution in [-0.4, -0.2) is 38.1 Å². The van der Waals surface area contributed by atoms with Gasteiger partial charge in [-0.3, -0.25) is 18.7 Å². The third-order valence-electron chi connectivity index (χ3n) is 4.82. The quantitative estimate of drug-likeness (QED) is 0.405. The van der Waals surface area contributed by atoms with E-state index in [2.05, 4.69) is 10.3 Å². The van der Waals surface area contributed by atoms with Crippen LogP contribution in [0.5, 0.6) is 11.6 Å². The molecule has 3 rings (SSSR count). The first-order valence-electron chi connectivity index (χ1n) is 9.97. The highest BCUT2D eigenvalue weighted by atomic mass is 32.2. The van der Waals surface area contributed by atoms with Gasteiger partial charge in [0.1, 0.15) is 16.4 Å². The van der Waals surface area contributed by atoms with Gasteiger partial charge in [-0.2, -0.15) is 0 Å². The van der Waals surface area contributed by atoms with Crippen molar-refractivity contribution in [2.75, 3.05) is 12.9 Å². The lowest BCUT2D eigenvalue weighted by molar-refractivity contribution is -0.118. The first-order valence-corrected chi connectivity index (χ1v) is 11.0. The highest BCUT2D eigenvalue weighted by molar-refractivity contribution is 8.15. The smallest absolute Gasteiger partial charge is 0.333 e. The van der Waals surface area contributed by atoms with E-state index in [0.29, 0.717) is 12.2 Å². The summed E-state index contributed by atoms with van der Waals surface area (Å²) < 4.78 is 6.97. The van der Waals surface area contributed by atoms with Crippen LogP contribution in [0.4, 0.5) is 5.69 Å². The number of methoxy groups -OCH3 is 1. The first-order chi connectivity index (χ1) is 15.8. The predicted molar refractivity (Wildman–Crippen MR) is 129 cm³/mol. The average Bonchev–Trinajstić information content (AvgIpc) is 2.84. The highest BCUT2D eigenvalue weighted by Crippen LogP contribution is 2.23. The van der Waals surface area contributed by atoms with Gasteiger partial charge in [0.25, 0.3) is 5.56 Å². The number of ether oxygens (including phenoxy) is 1. The minimum absolute atomic E-state index is 0.0484. The number of hydrogen-bond donors (Lipinski definition) is 2. The number of nitrogens with one attached hydrogen (secondary N) is 1. The van der Waals surface area contributed by atoms with Crippen molar-refractivity contribution in [2.45, 2.75) is 6.54 Å². The molecule has 9 nitrogen and oxygen atoms in total. The first kappa shape index (κ1) is 23.9. The van der Waals surface area contributed by atoms with Crippen LogP contribution in [0.1, 0.15) is 11.1 Å². The van der Waals surface area contributed by atoms with Crippen LogP contribution in [0.15, 0.2) is 69.2 Å². The Labute approximate surface area is 194 Å². The van der Waals surface area contributed by atoms with E-state index in [9.17, 15) is 19.5 Å². The molecule has 0 fully saturated rings. The zero-order valence-corrected chi connectivity index (χ0v) is 19.3. The molecular weight excluding hydrogens is 444 g/mol. The van der Waals surface area contributed by atoms with E-state index >= 15 is 0 Å². The summed E-state index contributed by atoms with van der Waals surface area (Å²) >= 11 is 1.000. The molecule has 10 heteroatoms. The van der Waals surface area contributed by atoms with Crippen molar-refractivity contribution in [3.8, 4) is 11.6 Å². The third kappa shape index (κ3) is 5.72. The van der Waals surface area contributed by atoms with Crippen molar-refractivity contribution >= 4 is 28.4 Å². The summed E-state index contributed by atoms with van der Waals surface area (Å²) in [6, 6.07) is 16.1. The number of aromatic hydroxyl groups is 1. The molecule has 33 heavy (non-hydrogen) atoms. The lowest BCUT2D eigenvalue weighted by Gasteiger charge is -2.12. The maximum absolute atomic E-state index is 12.8. The van der Waals surface area contributed by atoms with Crippen LogP contribution >= 0.6 is 11.8 Å². The average molecular weight is 469 g/mol. The van der Waals surface area contributed by atoms with Gasteiger partial charge in [0.15, 0.2) is 0 Å². The van der Waals surface area contributed by atoms with Crippen molar-refractivity contribution in [3.05, 3.63) is 86.6 Å². The normalized spacial score (nSPS) is 11.3. The van der Waals surface area contributed by atoms with Crippen LogP contribution in [0.3, 0.4) is 0 Å². The molecular formula is C23H24N4O5S. The Kier molecular flexibility index (Phi) is 7.73. The highest BCUT2D eigenvalue weighted by Gasteiger charge is 2.21. The van der Waals surface area contributed by atoms with Gasteiger partial charge < -0.3 is 15.2 Å². The standard InChI is InChI=1S/C23H24N4O5S/c1-26-21(29)19(22(30)27(2)23(26)31)20(25-16-7-5-4-6-8-16)33-14-18(28)24-13-15-9-11-17(32-3)12-10-15/h4-12,29H,13-14H2,1-3H3,(H,24,28). The maximum Gasteiger partial charge on any atom is 0.333 e. The summed E-state index contributed by atoms with van der Waals surface area (Å²) in [7, 11) is 4.26. The van der Waals surface area contributed by atoms with Gasteiger partial charge >= 0.3 is 5.69 Å². The van der Waals surface area contributed by atoms with E-state index in [-0.39, 0.29) is 22.3 Å². The molecule has 0 unspecified atom stereocenters. The van der Waals surface area contributed by atoms with Crippen LogP contribution in [0.2, 0.25) is 0 Å². The Bertz CT molecular complexity index is 1280. The largest absolute Gasteiger partial charge is 0.497 e. The number of para-hydroxylation sites is 1. The zero-order valence-electron chi connectivity index (χ0n) is 18.4. The lowest BCUT2D eigenvalue weighted by atomic mass is 10.2. The molecule has 0 radical (unpaired) electrons. The number of nitrogens with zero attached hydrogens (tertiary/aromatic N) is 3. The second-order valence-corrected chi connectivity index (χ2v) is 8.03. The molecule has 3 aromatic rings. The fourth-order valence-corrected chi connectivity index (χ4v) is 3.79. The second-order valence-electron chi connectivity index (χ2n) is 7.07. The molecule has 1 heterocycles. The Morgan fingerprint density at radius 2 is 1.73 bits per heavy atom. The summed E-state index contributed by atoms with van der Waals surface area (Å²) in [6.07, 6.45) is 0. The number of carbonyl (C=O) groups is 1. The van der Waals surface area contributed by atoms with Crippen molar-refractivity contribution < 1.29 is 14.6 Å². The van der Waals surface area contributed by atoms with Gasteiger partial charge in [-0.15, -0.1) is 0 Å². The van der Waals surface area contributed by atoms with E-state index in [0.717, 1.165) is 32.2 Å². The van der Waals surface area contributed by atoms with E-state index in [1.165, 1.54) is 14.1 Å². The second kappa shape index (κ2) is 10.7. The Morgan fingerprint density at radius 3 is 2.36 bits per heavy atom. The van der Waals surface area contributed by atoms with Crippen LogP contribution in [0.25, 0.3) is 0 Å². The molecule has 1 aromatic heterocycles. The van der Waals surface area contributed by atoms with Gasteiger partial charge in [0.2, 0.25) is 11.8 Å². The SMILES string of the molecule is COc1ccc(CNC(=O)CSC(=Nc2ccccc2)c2c(O)n(C)c(=O)n(C)c2=O)cc1. The van der Waals surface area contributed by atoms with E-state index in [1.807, 2.05) is 18.2 Å². The number of benzene rings is 2. The van der Waals surface area contributed by atoms with Crippen molar-refractivity contribution in [2.24, 2.45) is 19.1 Å². The van der Waals surface area contributed by atoms with E-state index in [4.69, 9.17) is 4.74 Å². The molecule has 0 spiro atoms. The van der Waals surface area contributed by atoms with Gasteiger partial charge in [-0.05, 0) is 29.8 Å². The molecule has 0 bridgehead atoms. The summed E-state index contributed by atoms with van der Waals surface area (Å²) in [4.78, 5) is 41.8. The minimum Gasteiger partial charge on any atom is -0.497 e. The number of thioether (sulfide) groups is 1. The molecule has 2 N–H and O–H groups in total. The Balaban J connectivity index is 1.83. The zero-order chi connectivity index (χ0) is 24.0. The molecule has 0 saturated carbocycles. The molecule has 172 valence electrons. The number of aromatic nitrogens is 2. The fraction of sp³-hybridized carbons (Fsp3) is 0.217. The predicted octanol–water partition coefficient (Wildman–Crippen LogP) is 1.93. The molecule has 0 atom stereocenters. The molecule has 2 aromatic carbocycles. The number of amides is 1. The summed E-state index contributed by atoms with van der Waals surface area (Å²) in [5.74, 6) is -0.115. The monoisotopic (exact) mass is 468 g/mol. The van der Waals surface area contributed by atoms with Crippen molar-refractivity contribution in [1.82, 2.24) is 14.5 Å². The number of carbonyl (C=O) groups excluding carboxylic acids is 1. The van der Waals surface area contributed by atoms with Gasteiger partial charge in [0, 0.05) is 20.6 Å². The van der Waals surface area contributed by atoms with Crippen molar-refractivity contribution in [1.29, 1.82) is 0 Å². The van der Waals surface area contributed by atoms with Gasteiger partial charge in [0.05, 0.1) is 18.6 Å². The summed E-state index contributed by atoms with van der Waals surface area (Å²) in [6.45, 7) is 0.321. The molecule has 0 saturated heterocycles. The fourth-order valence-electron chi connectivity index (χ4n) is 2.93. The number of aliphatic imine (C=N–C) groups is 1. The topological polar surface area (TPSA) is 115 Å². The summed E-state index contributed by atoms with van der Waals surface area (Å²) in [5.41, 5.74) is -0.0683. The summed E-state index contributed by atoms with van der Waals surface area (Å²) in [5, 5.41) is 13.5. The van der Waals surface area contributed by atoms with Gasteiger partial charge in [-0.25, -0.2) is 9.79 Å². The van der Waals surface area contributed by atoms with E-state index < -0.39 is 17.1 Å². The van der Waals surface area contributed by atoms with Crippen molar-refractivity contribution in [3.63, 3.8) is 0 Å². The van der Waals surface area contributed by atoms with Gasteiger partial charge in [-0.1, -0.05) is 42.1 Å². The molecule has 1 amide bonds. The minimum atomic E-state index is -0.698. The molecule has 0 aliphatic carbocycles. The number of rotatable bonds is 7. The molecule has 0 aliphatic heterocycles. The molecule has 0 aliphatic rings.